The second kappa shape index (κ2) is 10.9. The van der Waals surface area contributed by atoms with E-state index in [0.29, 0.717) is 24.8 Å². The fourth-order valence-corrected chi connectivity index (χ4v) is 4.24. The van der Waals surface area contributed by atoms with E-state index in [2.05, 4.69) is 0 Å². The molecule has 0 heterocycles. The molecule has 0 spiro atoms. The maximum Gasteiger partial charge on any atom is 0.338 e. The lowest BCUT2D eigenvalue weighted by Gasteiger charge is -2.22. The number of carboxylic acids is 1. The van der Waals surface area contributed by atoms with Crippen LogP contribution in [-0.4, -0.2) is 34.4 Å². The third-order valence-corrected chi connectivity index (χ3v) is 5.87. The predicted octanol–water partition coefficient (Wildman–Crippen LogP) is 4.57. The van der Waals surface area contributed by atoms with Crippen molar-refractivity contribution in [1.82, 2.24) is 0 Å². The van der Waals surface area contributed by atoms with E-state index in [9.17, 15) is 19.8 Å². The summed E-state index contributed by atoms with van der Waals surface area (Å²) in [5.41, 5.74) is 2.62. The minimum absolute atomic E-state index is 0.0214. The van der Waals surface area contributed by atoms with Crippen LogP contribution in [0.3, 0.4) is 0 Å². The largest absolute Gasteiger partial charge is 0.481 e. The molecule has 5 heteroatoms. The van der Waals surface area contributed by atoms with E-state index in [-0.39, 0.29) is 18.3 Å². The normalized spacial score (nSPS) is 21.8. The third kappa shape index (κ3) is 6.79. The van der Waals surface area contributed by atoms with Crippen molar-refractivity contribution in [1.29, 1.82) is 0 Å². The Kier molecular flexibility index (Phi) is 8.01. The Bertz CT molecular complexity index is 905. The molecular formula is C26H30O5. The fourth-order valence-electron chi connectivity index (χ4n) is 4.24. The Balaban J connectivity index is 1.65. The zero-order valence-corrected chi connectivity index (χ0v) is 17.8. The van der Waals surface area contributed by atoms with Crippen LogP contribution in [0.2, 0.25) is 0 Å². The lowest BCUT2D eigenvalue weighted by Crippen LogP contribution is -2.25. The number of rotatable bonds is 9. The molecule has 2 aromatic carbocycles. The molecule has 4 unspecified atom stereocenters. The van der Waals surface area contributed by atoms with E-state index in [1.165, 1.54) is 0 Å². The number of benzene rings is 2. The first-order chi connectivity index (χ1) is 14.9. The molecule has 31 heavy (non-hydrogen) atoms. The summed E-state index contributed by atoms with van der Waals surface area (Å²) in [5, 5.41) is 19.7. The summed E-state index contributed by atoms with van der Waals surface area (Å²) in [6.45, 7) is 1.91. The molecule has 1 aliphatic carbocycles. The van der Waals surface area contributed by atoms with Gasteiger partial charge in [-0.05, 0) is 56.2 Å². The first kappa shape index (κ1) is 22.8. The molecule has 0 aromatic heterocycles. The number of aryl methyl sites for hydroxylation is 2. The van der Waals surface area contributed by atoms with Gasteiger partial charge < -0.3 is 14.9 Å². The van der Waals surface area contributed by atoms with Crippen molar-refractivity contribution in [2.45, 2.75) is 51.2 Å². The third-order valence-electron chi connectivity index (χ3n) is 5.87. The zero-order chi connectivity index (χ0) is 22.2. The van der Waals surface area contributed by atoms with Crippen LogP contribution in [0.1, 0.15) is 47.2 Å². The maximum atomic E-state index is 12.6. The van der Waals surface area contributed by atoms with E-state index in [4.69, 9.17) is 4.74 Å². The van der Waals surface area contributed by atoms with Gasteiger partial charge in [0, 0.05) is 12.3 Å². The number of carbonyl (C=O) groups is 2. The molecule has 1 saturated carbocycles. The Morgan fingerprint density at radius 3 is 2.61 bits per heavy atom. The van der Waals surface area contributed by atoms with Crippen LogP contribution in [0, 0.1) is 18.8 Å². The second-order valence-electron chi connectivity index (χ2n) is 8.30. The van der Waals surface area contributed by atoms with Crippen LogP contribution in [-0.2, 0) is 16.0 Å². The van der Waals surface area contributed by atoms with Gasteiger partial charge in [0.2, 0.25) is 0 Å². The number of ether oxygens (including phenoxy) is 1. The standard InChI is InChI=1S/C26H30O5/c1-18-6-5-9-21(16-18)26(30)31-24-15-11-20(17-25(28)29)23(24)14-13-22(27)12-10-19-7-3-2-4-8-19/h2-9,13-14,16,20,22-24,27H,10-12,15,17H2,1H3,(H,28,29). The van der Waals surface area contributed by atoms with Gasteiger partial charge in [-0.2, -0.15) is 0 Å². The summed E-state index contributed by atoms with van der Waals surface area (Å²) in [6, 6.07) is 17.2. The minimum atomic E-state index is -0.862. The van der Waals surface area contributed by atoms with Crippen molar-refractivity contribution in [2.24, 2.45) is 11.8 Å². The average Bonchev–Trinajstić information content (AvgIpc) is 3.11. The molecular weight excluding hydrogens is 392 g/mol. The van der Waals surface area contributed by atoms with Gasteiger partial charge >= 0.3 is 11.9 Å². The van der Waals surface area contributed by atoms with Crippen LogP contribution in [0.25, 0.3) is 0 Å². The summed E-state index contributed by atoms with van der Waals surface area (Å²) in [4.78, 5) is 23.9. The smallest absolute Gasteiger partial charge is 0.338 e. The zero-order valence-electron chi connectivity index (χ0n) is 17.8. The van der Waals surface area contributed by atoms with Crippen LogP contribution >= 0.6 is 0 Å². The number of aliphatic hydroxyl groups is 1. The lowest BCUT2D eigenvalue weighted by atomic mass is 9.90. The van der Waals surface area contributed by atoms with Crippen molar-refractivity contribution in [3.8, 4) is 0 Å². The predicted molar refractivity (Wildman–Crippen MR) is 119 cm³/mol. The number of carboxylic acid groups (broad SMARTS) is 1. The van der Waals surface area contributed by atoms with Crippen molar-refractivity contribution < 1.29 is 24.5 Å². The van der Waals surface area contributed by atoms with Crippen molar-refractivity contribution in [2.75, 3.05) is 0 Å². The Morgan fingerprint density at radius 1 is 1.13 bits per heavy atom. The minimum Gasteiger partial charge on any atom is -0.481 e. The first-order valence-electron chi connectivity index (χ1n) is 10.8. The summed E-state index contributed by atoms with van der Waals surface area (Å²) in [5.74, 6) is -1.60. The van der Waals surface area contributed by atoms with E-state index in [1.807, 2.05) is 55.5 Å². The lowest BCUT2D eigenvalue weighted by molar-refractivity contribution is -0.138. The monoisotopic (exact) mass is 422 g/mol. The number of esters is 1. The van der Waals surface area contributed by atoms with Crippen molar-refractivity contribution in [3.05, 3.63) is 83.4 Å². The summed E-state index contributed by atoms with van der Waals surface area (Å²) >= 11 is 0. The van der Waals surface area contributed by atoms with Gasteiger partial charge in [-0.1, -0.05) is 60.2 Å². The number of carbonyl (C=O) groups excluding carboxylic acids is 1. The molecule has 5 nitrogen and oxygen atoms in total. The number of aliphatic hydroxyl groups excluding tert-OH is 1. The molecule has 2 N–H and O–H groups in total. The van der Waals surface area contributed by atoms with Gasteiger partial charge in [0.25, 0.3) is 0 Å². The number of hydrogen-bond acceptors (Lipinski definition) is 4. The quantitative estimate of drug-likeness (QED) is 0.457. The highest BCUT2D eigenvalue weighted by atomic mass is 16.5. The highest BCUT2D eigenvalue weighted by Gasteiger charge is 2.38. The summed E-state index contributed by atoms with van der Waals surface area (Å²) in [6.07, 6.45) is 5.18. The van der Waals surface area contributed by atoms with E-state index < -0.39 is 24.1 Å². The molecule has 3 rings (SSSR count). The molecule has 0 saturated heterocycles. The average molecular weight is 423 g/mol. The molecule has 164 valence electrons. The first-order valence-corrected chi connectivity index (χ1v) is 10.8. The second-order valence-corrected chi connectivity index (χ2v) is 8.30. The Labute approximate surface area is 183 Å². The van der Waals surface area contributed by atoms with Gasteiger partial charge in [0.1, 0.15) is 6.10 Å². The van der Waals surface area contributed by atoms with Crippen molar-refractivity contribution in [3.63, 3.8) is 0 Å². The molecule has 4 atom stereocenters. The molecule has 1 fully saturated rings. The Morgan fingerprint density at radius 2 is 1.90 bits per heavy atom. The van der Waals surface area contributed by atoms with E-state index in [1.54, 1.807) is 18.2 Å². The van der Waals surface area contributed by atoms with Gasteiger partial charge in [-0.25, -0.2) is 4.79 Å². The van der Waals surface area contributed by atoms with E-state index in [0.717, 1.165) is 17.5 Å². The molecule has 0 bridgehead atoms. The van der Waals surface area contributed by atoms with E-state index >= 15 is 0 Å². The van der Waals surface area contributed by atoms with Crippen LogP contribution < -0.4 is 0 Å². The van der Waals surface area contributed by atoms with Gasteiger partial charge in [0.05, 0.1) is 11.7 Å². The fraction of sp³-hybridized carbons (Fsp3) is 0.385. The van der Waals surface area contributed by atoms with Gasteiger partial charge in [-0.3, -0.25) is 4.79 Å². The Hall–Kier alpha value is -2.92. The summed E-state index contributed by atoms with van der Waals surface area (Å²) < 4.78 is 5.77. The highest BCUT2D eigenvalue weighted by Crippen LogP contribution is 2.38. The van der Waals surface area contributed by atoms with Crippen LogP contribution in [0.5, 0.6) is 0 Å². The number of aliphatic carboxylic acids is 1. The van der Waals surface area contributed by atoms with Crippen LogP contribution in [0.15, 0.2) is 66.7 Å². The molecule has 0 aliphatic heterocycles. The van der Waals surface area contributed by atoms with Crippen LogP contribution in [0.4, 0.5) is 0 Å². The topological polar surface area (TPSA) is 83.8 Å². The van der Waals surface area contributed by atoms with Crippen molar-refractivity contribution >= 4 is 11.9 Å². The molecule has 0 amide bonds. The molecule has 0 radical (unpaired) electrons. The van der Waals surface area contributed by atoms with Gasteiger partial charge in [0.15, 0.2) is 0 Å². The van der Waals surface area contributed by atoms with Gasteiger partial charge in [-0.15, -0.1) is 0 Å². The summed E-state index contributed by atoms with van der Waals surface area (Å²) in [7, 11) is 0. The molecule has 1 aliphatic rings. The maximum absolute atomic E-state index is 12.6. The number of hydrogen-bond donors (Lipinski definition) is 2. The highest BCUT2D eigenvalue weighted by molar-refractivity contribution is 5.89. The SMILES string of the molecule is Cc1cccc(C(=O)OC2CCC(CC(=O)O)C2C=CC(O)CCc2ccccc2)c1. The molecule has 2 aromatic rings.